The maximum atomic E-state index is 12.9. The third-order valence-corrected chi connectivity index (χ3v) is 8.26. The molecule has 0 saturated carbocycles. The third kappa shape index (κ3) is 10.5. The maximum Gasteiger partial charge on any atom is 0.410 e. The van der Waals surface area contributed by atoms with E-state index < -0.39 is 17.2 Å². The summed E-state index contributed by atoms with van der Waals surface area (Å²) in [5.41, 5.74) is 8.00. The number of piperazine rings is 1. The van der Waals surface area contributed by atoms with Gasteiger partial charge in [-0.3, -0.25) is 9.98 Å². The number of amides is 1. The number of ether oxygens (including phenoxy) is 1. The molecule has 0 radical (unpaired) electrons. The average molecular weight is 649 g/mol. The smallest absolute Gasteiger partial charge is 0.410 e. The molecule has 0 aliphatic carbocycles. The van der Waals surface area contributed by atoms with Gasteiger partial charge in [-0.05, 0) is 97.9 Å². The van der Waals surface area contributed by atoms with Gasteiger partial charge in [-0.15, -0.1) is 0 Å². The predicted molar refractivity (Wildman–Crippen MR) is 194 cm³/mol. The summed E-state index contributed by atoms with van der Waals surface area (Å²) in [4.78, 5) is 26.8. The number of halogens is 2. The summed E-state index contributed by atoms with van der Waals surface area (Å²) in [6, 6.07) is 3.75. The van der Waals surface area contributed by atoms with Gasteiger partial charge in [-0.25, -0.2) is 13.6 Å². The van der Waals surface area contributed by atoms with Crippen LogP contribution in [0.3, 0.4) is 0 Å². The zero-order valence-electron chi connectivity index (χ0n) is 30.1. The lowest BCUT2D eigenvalue weighted by Gasteiger charge is -2.46. The van der Waals surface area contributed by atoms with Gasteiger partial charge < -0.3 is 14.5 Å². The Balaban J connectivity index is 0.000000651. The van der Waals surface area contributed by atoms with Crippen LogP contribution in [0.2, 0.25) is 0 Å². The Morgan fingerprint density at radius 3 is 2.28 bits per heavy atom. The Bertz CT molecular complexity index is 1490. The number of carbonyl (C=O) groups is 1. The topological polar surface area (TPSA) is 57.5 Å². The number of allylic oxidation sites excluding steroid dienone is 7. The van der Waals surface area contributed by atoms with Crippen LogP contribution in [0.25, 0.3) is 6.08 Å². The first kappa shape index (κ1) is 39.1. The molecule has 1 saturated heterocycles. The monoisotopic (exact) mass is 648 g/mol. The second-order valence-electron chi connectivity index (χ2n) is 12.8. The Labute approximate surface area is 281 Å². The maximum absolute atomic E-state index is 12.9. The first-order chi connectivity index (χ1) is 22.1. The van der Waals surface area contributed by atoms with Crippen LogP contribution in [0.15, 0.2) is 93.9 Å². The quantitative estimate of drug-likeness (QED) is 0.208. The molecule has 1 fully saturated rings. The van der Waals surface area contributed by atoms with Gasteiger partial charge in [0.2, 0.25) is 0 Å². The fourth-order valence-electron chi connectivity index (χ4n) is 5.77. The summed E-state index contributed by atoms with van der Waals surface area (Å²) in [5, 5.41) is 0. The highest BCUT2D eigenvalue weighted by Crippen LogP contribution is 2.31. The predicted octanol–water partition coefficient (Wildman–Crippen LogP) is 10.2. The van der Waals surface area contributed by atoms with Gasteiger partial charge in [0.1, 0.15) is 5.60 Å². The molecule has 1 aromatic rings. The van der Waals surface area contributed by atoms with Crippen molar-refractivity contribution >= 4 is 23.6 Å². The van der Waals surface area contributed by atoms with Crippen molar-refractivity contribution in [2.24, 2.45) is 9.98 Å². The summed E-state index contributed by atoms with van der Waals surface area (Å²) in [6.45, 7) is 29.3. The zero-order chi connectivity index (χ0) is 35.5. The Morgan fingerprint density at radius 1 is 1.11 bits per heavy atom. The van der Waals surface area contributed by atoms with E-state index in [2.05, 4.69) is 78.7 Å². The summed E-state index contributed by atoms with van der Waals surface area (Å²) < 4.78 is 30.3. The minimum Gasteiger partial charge on any atom is -0.444 e. The minimum absolute atomic E-state index is 0.00389. The van der Waals surface area contributed by atoms with Crippen LogP contribution in [0.1, 0.15) is 94.1 Å². The van der Waals surface area contributed by atoms with Gasteiger partial charge in [-0.2, -0.15) is 0 Å². The molecule has 0 spiro atoms. The number of carbonyl (C=O) groups excluding carboxylic acids is 1. The molecular formula is C39H54F2N4O2. The second-order valence-corrected chi connectivity index (χ2v) is 12.8. The second kappa shape index (κ2) is 17.7. The summed E-state index contributed by atoms with van der Waals surface area (Å²) >= 11 is 0. The van der Waals surface area contributed by atoms with Crippen molar-refractivity contribution in [2.75, 3.05) is 13.1 Å². The molecule has 0 unspecified atom stereocenters. The van der Waals surface area contributed by atoms with Gasteiger partial charge in [0, 0.05) is 60.1 Å². The standard InChI is InChI=1S/C31H48N4O2.C8H6F2/c1-12-25-17-16-18-33-29(23(25)7)26(13-2)28(27(14-3)32-15-4)24(8)34-19-22(6)35(20-21(34)5)30(36)37-31(9,10)11;1-2-6-3-4-7(9)8(10)5-6/h13,15-16,18,21-22H,4,12,14,17,19-20H2,1-3,5-11H3;2-5H,1H2/b26-13+,28-24+,32-27?;/t21-,22+;/m0./s1. The molecule has 2 aliphatic rings. The lowest BCUT2D eigenvalue weighted by Crippen LogP contribution is -2.58. The molecule has 0 bridgehead atoms. The average Bonchev–Trinajstić information content (AvgIpc) is 3.20. The Morgan fingerprint density at radius 2 is 1.74 bits per heavy atom. The number of rotatable bonds is 8. The lowest BCUT2D eigenvalue weighted by molar-refractivity contribution is -0.00418. The third-order valence-electron chi connectivity index (χ3n) is 8.26. The van der Waals surface area contributed by atoms with E-state index in [9.17, 15) is 13.6 Å². The van der Waals surface area contributed by atoms with Crippen molar-refractivity contribution in [3.63, 3.8) is 0 Å². The van der Waals surface area contributed by atoms with E-state index in [-0.39, 0.29) is 18.2 Å². The Hall–Kier alpha value is -4.07. The van der Waals surface area contributed by atoms with Gasteiger partial charge in [-0.1, -0.05) is 56.9 Å². The van der Waals surface area contributed by atoms with E-state index in [1.54, 1.807) is 6.20 Å². The molecule has 2 aliphatic heterocycles. The number of nitrogens with zero attached hydrogens (tertiary/aromatic N) is 4. The number of aliphatic imine (C=N–C) groups is 2. The van der Waals surface area contributed by atoms with Crippen LogP contribution < -0.4 is 0 Å². The van der Waals surface area contributed by atoms with E-state index in [0.29, 0.717) is 18.7 Å². The van der Waals surface area contributed by atoms with E-state index >= 15 is 0 Å². The molecule has 3 rings (SSSR count). The number of benzene rings is 1. The van der Waals surface area contributed by atoms with E-state index in [1.807, 2.05) is 31.9 Å². The summed E-state index contributed by atoms with van der Waals surface area (Å²) in [7, 11) is 0. The zero-order valence-corrected chi connectivity index (χ0v) is 30.1. The van der Waals surface area contributed by atoms with Gasteiger partial charge in [0.15, 0.2) is 11.6 Å². The SMILES string of the molecule is C=CN=C(CC)C(/C(=C\C)C1=NC=CCC(CC)=C1C)=C(\C)N1C[C@@H](C)N(C(=O)OC(C)(C)C)C[C@@H]1C.C=Cc1ccc(F)c(F)c1. The van der Waals surface area contributed by atoms with Crippen molar-refractivity contribution < 1.29 is 18.3 Å². The lowest BCUT2D eigenvalue weighted by atomic mass is 9.87. The molecule has 47 heavy (non-hydrogen) atoms. The minimum atomic E-state index is -0.836. The van der Waals surface area contributed by atoms with Crippen molar-refractivity contribution in [3.05, 3.63) is 101 Å². The highest BCUT2D eigenvalue weighted by Gasteiger charge is 2.36. The highest BCUT2D eigenvalue weighted by molar-refractivity contribution is 6.22. The molecule has 6 nitrogen and oxygen atoms in total. The van der Waals surface area contributed by atoms with Crippen molar-refractivity contribution in [1.29, 1.82) is 0 Å². The normalized spacial score (nSPS) is 19.7. The summed E-state index contributed by atoms with van der Waals surface area (Å²) in [5.74, 6) is -1.66. The van der Waals surface area contributed by atoms with Crippen LogP contribution in [0, 0.1) is 11.6 Å². The molecule has 256 valence electrons. The van der Waals surface area contributed by atoms with Crippen molar-refractivity contribution in [3.8, 4) is 0 Å². The van der Waals surface area contributed by atoms with Crippen molar-refractivity contribution in [2.45, 2.75) is 106 Å². The number of hydrogen-bond acceptors (Lipinski definition) is 5. The molecule has 2 heterocycles. The molecule has 0 aromatic heterocycles. The summed E-state index contributed by atoms with van der Waals surface area (Å²) in [6.07, 6.45) is 11.7. The van der Waals surface area contributed by atoms with Crippen LogP contribution in [-0.4, -0.2) is 58.1 Å². The first-order valence-electron chi connectivity index (χ1n) is 16.4. The van der Waals surface area contributed by atoms with E-state index in [1.165, 1.54) is 23.3 Å². The van der Waals surface area contributed by atoms with Crippen LogP contribution >= 0.6 is 0 Å². The first-order valence-corrected chi connectivity index (χ1v) is 16.4. The highest BCUT2D eigenvalue weighted by atomic mass is 19.2. The number of hydrogen-bond donors (Lipinski definition) is 0. The van der Waals surface area contributed by atoms with Crippen LogP contribution in [0.4, 0.5) is 13.6 Å². The van der Waals surface area contributed by atoms with Crippen molar-refractivity contribution in [1.82, 2.24) is 9.80 Å². The van der Waals surface area contributed by atoms with Gasteiger partial charge in [0.05, 0.1) is 5.71 Å². The fraction of sp³-hybridized carbons (Fsp3) is 0.462. The largest absolute Gasteiger partial charge is 0.444 e. The molecule has 0 N–H and O–H groups in total. The fourth-order valence-corrected chi connectivity index (χ4v) is 5.77. The van der Waals surface area contributed by atoms with Gasteiger partial charge in [0.25, 0.3) is 0 Å². The molecule has 1 aromatic carbocycles. The molecular weight excluding hydrogens is 594 g/mol. The van der Waals surface area contributed by atoms with E-state index in [4.69, 9.17) is 14.7 Å². The molecule has 1 amide bonds. The van der Waals surface area contributed by atoms with Crippen LogP contribution in [-0.2, 0) is 4.74 Å². The Kier molecular flexibility index (Phi) is 14.8. The van der Waals surface area contributed by atoms with Gasteiger partial charge >= 0.3 is 6.09 Å². The van der Waals surface area contributed by atoms with Crippen LogP contribution in [0.5, 0.6) is 0 Å². The van der Waals surface area contributed by atoms with E-state index in [0.717, 1.165) is 59.7 Å². The molecule has 2 atom stereocenters. The molecule has 8 heteroatoms.